The number of ether oxygens (including phenoxy) is 5. The van der Waals surface area contributed by atoms with Crippen LogP contribution < -0.4 is 0 Å². The van der Waals surface area contributed by atoms with Crippen LogP contribution in [0.25, 0.3) is 11.0 Å². The summed E-state index contributed by atoms with van der Waals surface area (Å²) in [5.74, 6) is -0.549. The van der Waals surface area contributed by atoms with E-state index in [9.17, 15) is 9.90 Å². The quantitative estimate of drug-likeness (QED) is 0.376. The van der Waals surface area contributed by atoms with E-state index in [2.05, 4.69) is 14.9 Å². The molecule has 1 N–H and O–H groups in total. The fourth-order valence-corrected chi connectivity index (χ4v) is 5.08. The van der Waals surface area contributed by atoms with Gasteiger partial charge in [0.25, 0.3) is 0 Å². The molecular formula is C27H40N4O7. The number of rotatable bonds is 9. The van der Waals surface area contributed by atoms with Gasteiger partial charge in [0.15, 0.2) is 18.3 Å². The first kappa shape index (κ1) is 28.8. The predicted molar refractivity (Wildman–Crippen MR) is 140 cm³/mol. The van der Waals surface area contributed by atoms with E-state index in [0.29, 0.717) is 23.9 Å². The molecule has 0 amide bonds. The van der Waals surface area contributed by atoms with Gasteiger partial charge in [-0.05, 0) is 54.2 Å². The first-order valence-electron chi connectivity index (χ1n) is 13.1. The molecule has 0 saturated carbocycles. The Hall–Kier alpha value is -2.25. The number of hydrogen-bond acceptors (Lipinski definition) is 11. The fraction of sp³-hybridized carbons (Fsp3) is 0.667. The predicted octanol–water partition coefficient (Wildman–Crippen LogP) is 1.68. The normalized spacial score (nSPS) is 32.1. The second-order valence-electron chi connectivity index (χ2n) is 10.4. The van der Waals surface area contributed by atoms with Crippen LogP contribution >= 0.6 is 0 Å². The molecule has 0 spiro atoms. The second kappa shape index (κ2) is 12.7. The molecule has 1 aromatic heterocycles. The van der Waals surface area contributed by atoms with Gasteiger partial charge in [0.1, 0.15) is 12.7 Å². The van der Waals surface area contributed by atoms with Gasteiger partial charge < -0.3 is 38.6 Å². The van der Waals surface area contributed by atoms with Crippen molar-refractivity contribution in [2.45, 2.75) is 75.8 Å². The lowest BCUT2D eigenvalue weighted by Crippen LogP contribution is -2.58. The number of aliphatic hydroxyl groups excluding tert-OH is 1. The number of carbonyl (C=O) groups excluding carboxylic acids is 1. The van der Waals surface area contributed by atoms with Crippen molar-refractivity contribution in [3.63, 3.8) is 0 Å². The second-order valence-corrected chi connectivity index (χ2v) is 10.4. The Morgan fingerprint density at radius 3 is 2.34 bits per heavy atom. The fourth-order valence-electron chi connectivity index (χ4n) is 5.08. The molecule has 210 valence electrons. The van der Waals surface area contributed by atoms with Gasteiger partial charge >= 0.3 is 5.97 Å². The van der Waals surface area contributed by atoms with Crippen LogP contribution in [-0.2, 0) is 23.7 Å². The van der Waals surface area contributed by atoms with Crippen molar-refractivity contribution in [3.8, 4) is 0 Å². The molecule has 0 radical (unpaired) electrons. The molecule has 11 heteroatoms. The van der Waals surface area contributed by atoms with Crippen molar-refractivity contribution < 1.29 is 33.6 Å². The Kier molecular flexibility index (Phi) is 9.64. The summed E-state index contributed by atoms with van der Waals surface area (Å²) in [5.41, 5.74) is 1.51. The number of carbonyl (C=O) groups is 1. The summed E-state index contributed by atoms with van der Waals surface area (Å²) in [6.45, 7) is 4.07. The highest BCUT2D eigenvalue weighted by molar-refractivity contribution is 5.89. The van der Waals surface area contributed by atoms with Gasteiger partial charge in [-0.15, -0.1) is 0 Å². The van der Waals surface area contributed by atoms with Gasteiger partial charge in [-0.3, -0.25) is 4.98 Å². The van der Waals surface area contributed by atoms with Crippen LogP contribution in [0.3, 0.4) is 0 Å². The molecular weight excluding hydrogens is 492 g/mol. The van der Waals surface area contributed by atoms with E-state index in [1.807, 2.05) is 65.1 Å². The average molecular weight is 533 g/mol. The third-order valence-corrected chi connectivity index (χ3v) is 7.23. The molecule has 1 aromatic carbocycles. The zero-order valence-electron chi connectivity index (χ0n) is 23.0. The first-order valence-corrected chi connectivity index (χ1v) is 13.1. The molecule has 2 aromatic rings. The van der Waals surface area contributed by atoms with Crippen molar-refractivity contribution in [2.24, 2.45) is 0 Å². The molecule has 8 atom stereocenters. The van der Waals surface area contributed by atoms with Crippen molar-refractivity contribution in [1.82, 2.24) is 19.8 Å². The van der Waals surface area contributed by atoms with Crippen LogP contribution in [0.1, 0.15) is 37.2 Å². The van der Waals surface area contributed by atoms with Crippen LogP contribution in [0.2, 0.25) is 0 Å². The van der Waals surface area contributed by atoms with Crippen LogP contribution in [0, 0.1) is 0 Å². The van der Waals surface area contributed by atoms with E-state index in [4.69, 9.17) is 23.7 Å². The Labute approximate surface area is 224 Å². The number of esters is 1. The smallest absolute Gasteiger partial charge is 0.358 e. The molecule has 0 unspecified atom stereocenters. The van der Waals surface area contributed by atoms with Crippen LogP contribution in [-0.4, -0.2) is 121 Å². The lowest BCUT2D eigenvalue weighted by Gasteiger charge is -2.46. The van der Waals surface area contributed by atoms with Crippen molar-refractivity contribution in [3.05, 3.63) is 36.2 Å². The van der Waals surface area contributed by atoms with Crippen LogP contribution in [0.4, 0.5) is 0 Å². The minimum Gasteiger partial charge on any atom is -0.458 e. The van der Waals surface area contributed by atoms with E-state index < -0.39 is 24.7 Å². The lowest BCUT2D eigenvalue weighted by molar-refractivity contribution is -0.300. The number of fused-ring (bicyclic) bond motifs is 1. The summed E-state index contributed by atoms with van der Waals surface area (Å²) in [7, 11) is 7.90. The van der Waals surface area contributed by atoms with E-state index >= 15 is 0 Å². The molecule has 0 bridgehead atoms. The van der Waals surface area contributed by atoms with Gasteiger partial charge in [0, 0.05) is 24.9 Å². The molecule has 2 saturated heterocycles. The zero-order chi connectivity index (χ0) is 27.4. The Balaban J connectivity index is 1.27. The van der Waals surface area contributed by atoms with E-state index in [1.54, 1.807) is 6.07 Å². The largest absolute Gasteiger partial charge is 0.458 e. The molecule has 2 aliphatic heterocycles. The maximum Gasteiger partial charge on any atom is 0.358 e. The van der Waals surface area contributed by atoms with Gasteiger partial charge in [-0.2, -0.15) is 0 Å². The van der Waals surface area contributed by atoms with Gasteiger partial charge in [-0.1, -0.05) is 12.1 Å². The van der Waals surface area contributed by atoms with Crippen molar-refractivity contribution in [1.29, 1.82) is 0 Å². The summed E-state index contributed by atoms with van der Waals surface area (Å²) >= 11 is 0. The van der Waals surface area contributed by atoms with Crippen LogP contribution in [0.5, 0.6) is 0 Å². The third-order valence-electron chi connectivity index (χ3n) is 7.23. The number of benzene rings is 1. The number of aliphatic hydroxyl groups is 1. The van der Waals surface area contributed by atoms with E-state index in [-0.39, 0.29) is 49.3 Å². The summed E-state index contributed by atoms with van der Waals surface area (Å²) < 4.78 is 29.8. The summed E-state index contributed by atoms with van der Waals surface area (Å²) in [6.07, 6.45) is 0.214. The topological polar surface area (TPSA) is 116 Å². The number of hydrogen-bond donors (Lipinski definition) is 1. The highest BCUT2D eigenvalue weighted by atomic mass is 16.7. The maximum atomic E-state index is 12.4. The Morgan fingerprint density at radius 1 is 0.974 bits per heavy atom. The molecule has 0 aliphatic carbocycles. The number of para-hydroxylation sites is 2. The molecule has 3 heterocycles. The Morgan fingerprint density at radius 2 is 1.63 bits per heavy atom. The monoisotopic (exact) mass is 532 g/mol. The van der Waals surface area contributed by atoms with Crippen molar-refractivity contribution >= 4 is 17.0 Å². The van der Waals surface area contributed by atoms with Gasteiger partial charge in [0.05, 0.1) is 42.1 Å². The molecule has 2 aliphatic rings. The third kappa shape index (κ3) is 6.84. The maximum absolute atomic E-state index is 12.4. The minimum atomic E-state index is -0.574. The standard InChI is InChI=1S/C27H40N4O7/c1-16-25(32)21(30(3)4)13-24(36-16)38-26-17(2)37-23(14-22(26)31(5)6)34-11-12-35-27(33)20-15-28-18-9-7-8-10-19(18)29-20/h7-10,15-17,21-26,32H,11-14H2,1-6H3/t16-,17-,21-,22-,23-,24-,25-,26-/m1/s1. The minimum absolute atomic E-state index is 0.0164. The van der Waals surface area contributed by atoms with E-state index in [0.717, 1.165) is 0 Å². The SMILES string of the molecule is C[C@H]1O[C@H](O[C@H]2[C@H](N(C)C)C[C@H](OCCOC(=O)c3cnc4ccccc4n3)O[C@@H]2C)C[C@@H](N(C)C)[C@@H]1O. The number of nitrogens with zero attached hydrogens (tertiary/aromatic N) is 4. The number of aromatic nitrogens is 2. The zero-order valence-corrected chi connectivity index (χ0v) is 23.0. The highest BCUT2D eigenvalue weighted by Crippen LogP contribution is 2.31. The summed E-state index contributed by atoms with van der Waals surface area (Å²) in [6, 6.07) is 7.30. The molecule has 38 heavy (non-hydrogen) atoms. The number of likely N-dealkylation sites (N-methyl/N-ethyl adjacent to an activating group) is 2. The molecule has 4 rings (SSSR count). The highest BCUT2D eigenvalue weighted by Gasteiger charge is 2.43. The average Bonchev–Trinajstić information content (AvgIpc) is 2.89. The Bertz CT molecular complexity index is 1070. The van der Waals surface area contributed by atoms with Crippen molar-refractivity contribution in [2.75, 3.05) is 41.4 Å². The van der Waals surface area contributed by atoms with Crippen LogP contribution in [0.15, 0.2) is 30.5 Å². The van der Waals surface area contributed by atoms with Gasteiger partial charge in [-0.25, -0.2) is 9.78 Å². The molecule has 11 nitrogen and oxygen atoms in total. The molecule has 2 fully saturated rings. The summed E-state index contributed by atoms with van der Waals surface area (Å²) in [5, 5.41) is 10.5. The van der Waals surface area contributed by atoms with E-state index in [1.165, 1.54) is 6.20 Å². The summed E-state index contributed by atoms with van der Waals surface area (Å²) in [4.78, 5) is 25.1. The first-order chi connectivity index (χ1) is 18.1. The lowest BCUT2D eigenvalue weighted by atomic mass is 9.96. The van der Waals surface area contributed by atoms with Gasteiger partial charge in [0.2, 0.25) is 0 Å².